The molecule has 0 aliphatic carbocycles. The highest BCUT2D eigenvalue weighted by Gasteiger charge is 2.11. The average molecular weight is 390 g/mol. The number of anilines is 1. The van der Waals surface area contributed by atoms with E-state index in [1.807, 2.05) is 0 Å². The Morgan fingerprint density at radius 1 is 1.00 bits per heavy atom. The van der Waals surface area contributed by atoms with Crippen molar-refractivity contribution >= 4 is 40.8 Å². The van der Waals surface area contributed by atoms with E-state index < -0.39 is 36.7 Å². The molecule has 0 aliphatic rings. The molecule has 5 nitrogen and oxygen atoms in total. The molecule has 25 heavy (non-hydrogen) atoms. The monoisotopic (exact) mass is 389 g/mol. The highest BCUT2D eigenvalue weighted by Crippen LogP contribution is 2.27. The minimum absolute atomic E-state index is 0.0947. The second kappa shape index (κ2) is 8.64. The molecule has 2 aromatic carbocycles. The molecule has 0 aliphatic heterocycles. The van der Waals surface area contributed by atoms with Crippen LogP contribution in [0.25, 0.3) is 0 Å². The molecule has 132 valence electrons. The lowest BCUT2D eigenvalue weighted by molar-refractivity contribution is -0.149. The fourth-order valence-corrected chi connectivity index (χ4v) is 2.20. The lowest BCUT2D eigenvalue weighted by Crippen LogP contribution is -2.23. The summed E-state index contributed by atoms with van der Waals surface area (Å²) in [5.41, 5.74) is -0.0947. The number of carbonyl (C=O) groups is 2. The molecule has 2 rings (SSSR count). The zero-order valence-electron chi connectivity index (χ0n) is 12.5. The van der Waals surface area contributed by atoms with Crippen LogP contribution in [0, 0.1) is 11.6 Å². The van der Waals surface area contributed by atoms with E-state index in [0.29, 0.717) is 11.1 Å². The molecule has 0 saturated heterocycles. The quantitative estimate of drug-likeness (QED) is 0.762. The summed E-state index contributed by atoms with van der Waals surface area (Å²) < 4.78 is 35.8. The number of nitrogens with one attached hydrogen (secondary N) is 1. The Morgan fingerprint density at radius 3 is 2.32 bits per heavy atom. The van der Waals surface area contributed by atoms with Crippen molar-refractivity contribution < 1.29 is 27.8 Å². The van der Waals surface area contributed by atoms with Crippen LogP contribution in [0.4, 0.5) is 14.5 Å². The lowest BCUT2D eigenvalue weighted by Gasteiger charge is -2.09. The van der Waals surface area contributed by atoms with Crippen molar-refractivity contribution in [1.82, 2.24) is 0 Å². The Morgan fingerprint density at radius 2 is 1.68 bits per heavy atom. The number of amides is 1. The molecule has 0 spiro atoms. The summed E-state index contributed by atoms with van der Waals surface area (Å²) >= 11 is 11.6. The van der Waals surface area contributed by atoms with Gasteiger partial charge in [-0.05, 0) is 30.3 Å². The third-order valence-corrected chi connectivity index (χ3v) is 3.28. The van der Waals surface area contributed by atoms with Crippen LogP contribution < -0.4 is 10.1 Å². The minimum Gasteiger partial charge on any atom is -0.480 e. The van der Waals surface area contributed by atoms with Crippen molar-refractivity contribution in [1.29, 1.82) is 0 Å². The van der Waals surface area contributed by atoms with Crippen LogP contribution in [-0.4, -0.2) is 25.1 Å². The molecule has 0 bridgehead atoms. The minimum atomic E-state index is -0.847. The van der Waals surface area contributed by atoms with E-state index >= 15 is 0 Å². The molecule has 0 saturated carbocycles. The predicted octanol–water partition coefficient (Wildman–Crippen LogP) is 3.83. The van der Waals surface area contributed by atoms with Gasteiger partial charge in [0.25, 0.3) is 5.91 Å². The smallest absolute Gasteiger partial charge is 0.344 e. The average Bonchev–Trinajstić information content (AvgIpc) is 2.51. The van der Waals surface area contributed by atoms with Crippen molar-refractivity contribution in [3.63, 3.8) is 0 Å². The topological polar surface area (TPSA) is 64.6 Å². The highest BCUT2D eigenvalue weighted by atomic mass is 35.5. The van der Waals surface area contributed by atoms with Gasteiger partial charge in [-0.2, -0.15) is 0 Å². The molecule has 2 aromatic rings. The first kappa shape index (κ1) is 19.0. The van der Waals surface area contributed by atoms with Crippen LogP contribution in [0.15, 0.2) is 36.4 Å². The van der Waals surface area contributed by atoms with Gasteiger partial charge in [0.05, 0.1) is 5.02 Å². The number of rotatable bonds is 6. The van der Waals surface area contributed by atoms with Crippen LogP contribution >= 0.6 is 23.2 Å². The van der Waals surface area contributed by atoms with E-state index in [9.17, 15) is 18.4 Å². The molecule has 9 heteroatoms. The van der Waals surface area contributed by atoms with Crippen LogP contribution in [0.1, 0.15) is 0 Å². The Balaban J connectivity index is 1.78. The standard InChI is InChI=1S/C16H11Cl2F2NO4/c17-9-1-2-14(13(18)3-9)24-8-16(23)25-7-15(22)21-12-5-10(19)4-11(20)6-12/h1-6H,7-8H2,(H,21,22). The molecular weight excluding hydrogens is 379 g/mol. The molecule has 0 aromatic heterocycles. The first-order chi connectivity index (χ1) is 11.8. The second-order valence-electron chi connectivity index (χ2n) is 4.73. The van der Waals surface area contributed by atoms with Crippen molar-refractivity contribution in [2.45, 2.75) is 0 Å². The lowest BCUT2D eigenvalue weighted by atomic mass is 10.3. The number of benzene rings is 2. The maximum atomic E-state index is 13.0. The van der Waals surface area contributed by atoms with Crippen LogP contribution in [0.3, 0.4) is 0 Å². The summed E-state index contributed by atoms with van der Waals surface area (Å²) in [4.78, 5) is 23.1. The van der Waals surface area contributed by atoms with E-state index in [1.54, 1.807) is 0 Å². The van der Waals surface area contributed by atoms with Gasteiger partial charge in [-0.3, -0.25) is 4.79 Å². The maximum Gasteiger partial charge on any atom is 0.344 e. The molecule has 1 amide bonds. The summed E-state index contributed by atoms with van der Waals surface area (Å²) in [5, 5.41) is 2.82. The summed E-state index contributed by atoms with van der Waals surface area (Å²) in [7, 11) is 0. The molecule has 0 fully saturated rings. The number of ether oxygens (including phenoxy) is 2. The molecular formula is C16H11Cl2F2NO4. The fraction of sp³-hybridized carbons (Fsp3) is 0.125. The molecule has 0 atom stereocenters. The van der Waals surface area contributed by atoms with Crippen molar-refractivity contribution in [2.24, 2.45) is 0 Å². The summed E-state index contributed by atoms with van der Waals surface area (Å²) in [6, 6.07) is 6.95. The number of hydrogen-bond acceptors (Lipinski definition) is 4. The number of esters is 1. The largest absolute Gasteiger partial charge is 0.480 e. The Kier molecular flexibility index (Phi) is 6.55. The van der Waals surface area contributed by atoms with Crippen LogP contribution in [-0.2, 0) is 14.3 Å². The maximum absolute atomic E-state index is 13.0. The van der Waals surface area contributed by atoms with Gasteiger partial charge >= 0.3 is 5.97 Å². The first-order valence-electron chi connectivity index (χ1n) is 6.83. The molecule has 0 radical (unpaired) electrons. The van der Waals surface area contributed by atoms with Gasteiger partial charge in [-0.15, -0.1) is 0 Å². The van der Waals surface area contributed by atoms with E-state index in [-0.39, 0.29) is 16.5 Å². The number of hydrogen-bond donors (Lipinski definition) is 1. The van der Waals surface area contributed by atoms with E-state index in [4.69, 9.17) is 27.9 Å². The second-order valence-corrected chi connectivity index (χ2v) is 5.57. The third-order valence-electron chi connectivity index (χ3n) is 2.75. The van der Waals surface area contributed by atoms with Crippen molar-refractivity contribution in [3.8, 4) is 5.75 Å². The van der Waals surface area contributed by atoms with Gasteiger partial charge in [-0.25, -0.2) is 13.6 Å². The van der Waals surface area contributed by atoms with Gasteiger partial charge in [-0.1, -0.05) is 23.2 Å². The van der Waals surface area contributed by atoms with Crippen LogP contribution in [0.2, 0.25) is 10.0 Å². The third kappa shape index (κ3) is 6.21. The van der Waals surface area contributed by atoms with Crippen molar-refractivity contribution in [3.05, 3.63) is 58.1 Å². The number of carbonyl (C=O) groups excluding carboxylic acids is 2. The van der Waals surface area contributed by atoms with Gasteiger partial charge < -0.3 is 14.8 Å². The number of halogens is 4. The molecule has 0 heterocycles. The van der Waals surface area contributed by atoms with E-state index in [0.717, 1.165) is 12.1 Å². The first-order valence-corrected chi connectivity index (χ1v) is 7.58. The zero-order valence-corrected chi connectivity index (χ0v) is 14.0. The van der Waals surface area contributed by atoms with Crippen molar-refractivity contribution in [2.75, 3.05) is 18.5 Å². The Hall–Kier alpha value is -2.38. The fourth-order valence-electron chi connectivity index (χ4n) is 1.74. The van der Waals surface area contributed by atoms with Crippen LogP contribution in [0.5, 0.6) is 5.75 Å². The predicted molar refractivity (Wildman–Crippen MR) is 87.9 cm³/mol. The SMILES string of the molecule is O=C(COC(=O)COc1ccc(Cl)cc1Cl)Nc1cc(F)cc(F)c1. The summed E-state index contributed by atoms with van der Waals surface area (Å²) in [6.07, 6.45) is 0. The van der Waals surface area contributed by atoms with E-state index in [1.165, 1.54) is 18.2 Å². The van der Waals surface area contributed by atoms with Gasteiger partial charge in [0.15, 0.2) is 13.2 Å². The summed E-state index contributed by atoms with van der Waals surface area (Å²) in [5.74, 6) is -3.06. The highest BCUT2D eigenvalue weighted by molar-refractivity contribution is 6.35. The van der Waals surface area contributed by atoms with Gasteiger partial charge in [0.2, 0.25) is 0 Å². The van der Waals surface area contributed by atoms with Gasteiger partial charge in [0.1, 0.15) is 17.4 Å². The Labute approximate surface area is 151 Å². The normalized spacial score (nSPS) is 10.2. The van der Waals surface area contributed by atoms with Gasteiger partial charge in [0, 0.05) is 16.8 Å². The summed E-state index contributed by atoms with van der Waals surface area (Å²) in [6.45, 7) is -1.13. The molecule has 1 N–H and O–H groups in total. The zero-order chi connectivity index (χ0) is 18.4. The Bertz CT molecular complexity index is 781. The molecule has 0 unspecified atom stereocenters. The van der Waals surface area contributed by atoms with E-state index in [2.05, 4.69) is 10.1 Å².